The lowest BCUT2D eigenvalue weighted by Crippen LogP contribution is -2.47. The molecule has 0 bridgehead atoms. The molecule has 0 spiro atoms. The number of ether oxygens (including phenoxy) is 2. The van der Waals surface area contributed by atoms with Crippen molar-refractivity contribution in [2.45, 2.75) is 6.04 Å². The standard InChI is InChI=1S/C11H18N2O3/c1-12-10-8-16-5-3-13(11(10)14)6-9-2-4-15-7-9/h2,4,9-10,12H,3,5-8H2,1H3. The summed E-state index contributed by atoms with van der Waals surface area (Å²) >= 11 is 0. The summed E-state index contributed by atoms with van der Waals surface area (Å²) in [5.74, 6) is 0.444. The van der Waals surface area contributed by atoms with Gasteiger partial charge in [0.1, 0.15) is 6.04 Å². The van der Waals surface area contributed by atoms with E-state index in [1.807, 2.05) is 11.0 Å². The Morgan fingerprint density at radius 2 is 2.44 bits per heavy atom. The minimum atomic E-state index is -0.214. The highest BCUT2D eigenvalue weighted by molar-refractivity contribution is 5.82. The molecule has 0 radical (unpaired) electrons. The first-order valence-corrected chi connectivity index (χ1v) is 5.63. The average molecular weight is 226 g/mol. The Morgan fingerprint density at radius 1 is 1.56 bits per heavy atom. The monoisotopic (exact) mass is 226 g/mol. The number of likely N-dealkylation sites (N-methyl/N-ethyl adjacent to an activating group) is 1. The van der Waals surface area contributed by atoms with Gasteiger partial charge in [0.05, 0.1) is 26.1 Å². The molecule has 2 unspecified atom stereocenters. The smallest absolute Gasteiger partial charge is 0.242 e. The van der Waals surface area contributed by atoms with Crippen LogP contribution in [0.3, 0.4) is 0 Å². The van der Waals surface area contributed by atoms with Crippen LogP contribution in [0.4, 0.5) is 0 Å². The summed E-state index contributed by atoms with van der Waals surface area (Å²) in [5.41, 5.74) is 0. The molecule has 0 saturated carbocycles. The van der Waals surface area contributed by atoms with Crippen LogP contribution in [-0.4, -0.2) is 56.8 Å². The van der Waals surface area contributed by atoms with Crippen LogP contribution in [0.1, 0.15) is 0 Å². The van der Waals surface area contributed by atoms with Gasteiger partial charge in [-0.05, 0) is 13.1 Å². The minimum absolute atomic E-state index is 0.125. The maximum absolute atomic E-state index is 12.1. The van der Waals surface area contributed by atoms with Crippen LogP contribution in [0.15, 0.2) is 12.3 Å². The molecule has 0 aromatic heterocycles. The fraction of sp³-hybridized carbons (Fsp3) is 0.727. The number of carbonyl (C=O) groups is 1. The van der Waals surface area contributed by atoms with Crippen molar-refractivity contribution in [3.63, 3.8) is 0 Å². The molecule has 2 rings (SSSR count). The maximum Gasteiger partial charge on any atom is 0.242 e. The molecule has 2 atom stereocenters. The third-order valence-corrected chi connectivity index (χ3v) is 2.96. The average Bonchev–Trinajstić information content (AvgIpc) is 2.73. The van der Waals surface area contributed by atoms with Gasteiger partial charge in [-0.3, -0.25) is 4.79 Å². The lowest BCUT2D eigenvalue weighted by Gasteiger charge is -2.25. The first-order chi connectivity index (χ1) is 7.81. The van der Waals surface area contributed by atoms with Crippen LogP contribution in [0.5, 0.6) is 0 Å². The molecule has 16 heavy (non-hydrogen) atoms. The second kappa shape index (κ2) is 5.32. The highest BCUT2D eigenvalue weighted by Gasteiger charge is 2.28. The summed E-state index contributed by atoms with van der Waals surface area (Å²) in [4.78, 5) is 13.9. The molecular formula is C11H18N2O3. The van der Waals surface area contributed by atoms with Gasteiger partial charge in [0.15, 0.2) is 0 Å². The Labute approximate surface area is 95.4 Å². The molecule has 5 nitrogen and oxygen atoms in total. The van der Waals surface area contributed by atoms with E-state index in [-0.39, 0.29) is 11.9 Å². The van der Waals surface area contributed by atoms with Crippen molar-refractivity contribution in [2.24, 2.45) is 5.92 Å². The molecule has 1 fully saturated rings. The number of carbonyl (C=O) groups excluding carboxylic acids is 1. The van der Waals surface area contributed by atoms with Crippen LogP contribution in [0, 0.1) is 5.92 Å². The van der Waals surface area contributed by atoms with Crippen molar-refractivity contribution < 1.29 is 14.3 Å². The van der Waals surface area contributed by atoms with Crippen molar-refractivity contribution in [2.75, 3.05) is 40.0 Å². The van der Waals surface area contributed by atoms with E-state index >= 15 is 0 Å². The Bertz CT molecular complexity index is 280. The molecule has 5 heteroatoms. The van der Waals surface area contributed by atoms with Crippen molar-refractivity contribution >= 4 is 5.91 Å². The van der Waals surface area contributed by atoms with Gasteiger partial charge in [0.25, 0.3) is 0 Å². The van der Waals surface area contributed by atoms with E-state index in [1.54, 1.807) is 13.3 Å². The zero-order valence-electron chi connectivity index (χ0n) is 9.52. The molecule has 2 heterocycles. The predicted molar refractivity (Wildman–Crippen MR) is 58.8 cm³/mol. The summed E-state index contributed by atoms with van der Waals surface area (Å²) in [6.45, 7) is 3.14. The van der Waals surface area contributed by atoms with Crippen molar-refractivity contribution in [1.82, 2.24) is 10.2 Å². The van der Waals surface area contributed by atoms with E-state index < -0.39 is 0 Å². The second-order valence-electron chi connectivity index (χ2n) is 4.12. The SMILES string of the molecule is CNC1COCCN(CC2C=COC2)C1=O. The van der Waals surface area contributed by atoms with Crippen LogP contribution in [-0.2, 0) is 14.3 Å². The zero-order valence-corrected chi connectivity index (χ0v) is 9.52. The maximum atomic E-state index is 12.1. The largest absolute Gasteiger partial charge is 0.501 e. The van der Waals surface area contributed by atoms with Crippen molar-refractivity contribution in [3.05, 3.63) is 12.3 Å². The fourth-order valence-electron chi connectivity index (χ4n) is 1.96. The quantitative estimate of drug-likeness (QED) is 0.711. The van der Waals surface area contributed by atoms with E-state index in [0.717, 1.165) is 6.54 Å². The molecule has 1 saturated heterocycles. The molecule has 0 aromatic carbocycles. The lowest BCUT2D eigenvalue weighted by atomic mass is 10.1. The number of amides is 1. The van der Waals surface area contributed by atoms with Gasteiger partial charge < -0.3 is 19.7 Å². The van der Waals surface area contributed by atoms with E-state index in [9.17, 15) is 4.79 Å². The molecular weight excluding hydrogens is 208 g/mol. The molecule has 1 N–H and O–H groups in total. The molecule has 2 aliphatic heterocycles. The third kappa shape index (κ3) is 2.54. The highest BCUT2D eigenvalue weighted by atomic mass is 16.5. The Balaban J connectivity index is 1.95. The van der Waals surface area contributed by atoms with Gasteiger partial charge in [-0.1, -0.05) is 0 Å². The summed E-state index contributed by atoms with van der Waals surface area (Å²) in [5, 5.41) is 2.98. The summed E-state index contributed by atoms with van der Waals surface area (Å²) in [6, 6.07) is -0.214. The van der Waals surface area contributed by atoms with Crippen LogP contribution >= 0.6 is 0 Å². The zero-order chi connectivity index (χ0) is 11.4. The highest BCUT2D eigenvalue weighted by Crippen LogP contribution is 2.12. The van der Waals surface area contributed by atoms with Crippen LogP contribution in [0.25, 0.3) is 0 Å². The van der Waals surface area contributed by atoms with Crippen molar-refractivity contribution in [3.8, 4) is 0 Å². The summed E-state index contributed by atoms with van der Waals surface area (Å²) in [6.07, 6.45) is 3.71. The summed E-state index contributed by atoms with van der Waals surface area (Å²) in [7, 11) is 1.79. The number of hydrogen-bond donors (Lipinski definition) is 1. The fourth-order valence-corrected chi connectivity index (χ4v) is 1.96. The van der Waals surface area contributed by atoms with Gasteiger partial charge in [-0.15, -0.1) is 0 Å². The van der Waals surface area contributed by atoms with E-state index in [2.05, 4.69) is 5.32 Å². The normalized spacial score (nSPS) is 30.3. The number of hydrogen-bond acceptors (Lipinski definition) is 4. The van der Waals surface area contributed by atoms with Gasteiger partial charge in [-0.2, -0.15) is 0 Å². The van der Waals surface area contributed by atoms with E-state index in [0.29, 0.717) is 32.3 Å². The Kier molecular flexibility index (Phi) is 3.79. The third-order valence-electron chi connectivity index (χ3n) is 2.96. The Hall–Kier alpha value is -1.07. The minimum Gasteiger partial charge on any atom is -0.501 e. The second-order valence-corrected chi connectivity index (χ2v) is 4.12. The van der Waals surface area contributed by atoms with Gasteiger partial charge >= 0.3 is 0 Å². The van der Waals surface area contributed by atoms with Gasteiger partial charge in [0, 0.05) is 19.0 Å². The van der Waals surface area contributed by atoms with Crippen LogP contribution < -0.4 is 5.32 Å². The van der Waals surface area contributed by atoms with E-state index in [1.165, 1.54) is 0 Å². The molecule has 0 aliphatic carbocycles. The van der Waals surface area contributed by atoms with E-state index in [4.69, 9.17) is 9.47 Å². The predicted octanol–water partition coefficient (Wildman–Crippen LogP) is -0.407. The topological polar surface area (TPSA) is 50.8 Å². The van der Waals surface area contributed by atoms with Crippen molar-refractivity contribution in [1.29, 1.82) is 0 Å². The van der Waals surface area contributed by atoms with Crippen LogP contribution in [0.2, 0.25) is 0 Å². The molecule has 1 amide bonds. The number of rotatable bonds is 3. The number of nitrogens with one attached hydrogen (secondary N) is 1. The van der Waals surface area contributed by atoms with Gasteiger partial charge in [0.2, 0.25) is 5.91 Å². The molecule has 2 aliphatic rings. The van der Waals surface area contributed by atoms with Gasteiger partial charge in [-0.25, -0.2) is 0 Å². The molecule has 0 aromatic rings. The number of nitrogens with zero attached hydrogens (tertiary/aromatic N) is 1. The Morgan fingerprint density at radius 3 is 3.12 bits per heavy atom. The first kappa shape index (κ1) is 11.4. The first-order valence-electron chi connectivity index (χ1n) is 5.63. The summed E-state index contributed by atoms with van der Waals surface area (Å²) < 4.78 is 10.5. The molecule has 90 valence electrons. The lowest BCUT2D eigenvalue weighted by molar-refractivity contribution is -0.133.